The van der Waals surface area contributed by atoms with E-state index in [2.05, 4.69) is 10.6 Å². The summed E-state index contributed by atoms with van der Waals surface area (Å²) in [6.45, 7) is 1.70. The first-order chi connectivity index (χ1) is 11.4. The van der Waals surface area contributed by atoms with E-state index in [1.54, 1.807) is 38.3 Å². The zero-order valence-electron chi connectivity index (χ0n) is 13.1. The average molecular weight is 334 g/mol. The first kappa shape index (κ1) is 17.4. The third-order valence-electron chi connectivity index (χ3n) is 3.35. The summed E-state index contributed by atoms with van der Waals surface area (Å²) >= 11 is 0. The number of rotatable bonds is 4. The molecule has 0 radical (unpaired) electrons. The zero-order valence-corrected chi connectivity index (χ0v) is 13.1. The second kappa shape index (κ2) is 7.54. The van der Waals surface area contributed by atoms with Crippen LogP contribution in [0, 0.1) is 11.6 Å². The van der Waals surface area contributed by atoms with E-state index in [4.69, 9.17) is 4.74 Å². The Morgan fingerprint density at radius 1 is 1.04 bits per heavy atom. The second-order valence-electron chi connectivity index (χ2n) is 5.05. The Morgan fingerprint density at radius 2 is 1.71 bits per heavy atom. The highest BCUT2D eigenvalue weighted by molar-refractivity contribution is 6.39. The summed E-state index contributed by atoms with van der Waals surface area (Å²) in [4.78, 5) is 23.7. The van der Waals surface area contributed by atoms with E-state index in [1.165, 1.54) is 0 Å². The Kier molecular flexibility index (Phi) is 5.47. The van der Waals surface area contributed by atoms with Crippen LogP contribution in [0.25, 0.3) is 0 Å². The number of methoxy groups -OCH3 is 1. The fourth-order valence-electron chi connectivity index (χ4n) is 2.01. The van der Waals surface area contributed by atoms with E-state index in [0.717, 1.165) is 17.7 Å². The number of hydrogen-bond acceptors (Lipinski definition) is 3. The highest BCUT2D eigenvalue weighted by atomic mass is 19.1. The molecule has 2 amide bonds. The van der Waals surface area contributed by atoms with Gasteiger partial charge in [-0.25, -0.2) is 8.78 Å². The first-order valence-corrected chi connectivity index (χ1v) is 7.11. The van der Waals surface area contributed by atoms with Gasteiger partial charge in [-0.2, -0.15) is 0 Å². The van der Waals surface area contributed by atoms with Crippen LogP contribution in [0.2, 0.25) is 0 Å². The molecule has 0 aromatic heterocycles. The van der Waals surface area contributed by atoms with Crippen LogP contribution in [0.1, 0.15) is 18.5 Å². The van der Waals surface area contributed by atoms with Crippen molar-refractivity contribution in [2.24, 2.45) is 0 Å². The molecule has 0 spiro atoms. The van der Waals surface area contributed by atoms with Crippen LogP contribution < -0.4 is 15.4 Å². The van der Waals surface area contributed by atoms with Crippen molar-refractivity contribution in [1.82, 2.24) is 5.32 Å². The molecule has 7 heteroatoms. The van der Waals surface area contributed by atoms with Crippen molar-refractivity contribution in [3.8, 4) is 5.75 Å². The van der Waals surface area contributed by atoms with Crippen LogP contribution in [0.4, 0.5) is 14.5 Å². The number of hydrogen-bond donors (Lipinski definition) is 2. The molecule has 0 saturated carbocycles. The monoisotopic (exact) mass is 334 g/mol. The van der Waals surface area contributed by atoms with E-state index in [-0.39, 0.29) is 5.69 Å². The smallest absolute Gasteiger partial charge is 0.313 e. The standard InChI is InChI=1S/C17H16F2N2O3/c1-10(11-3-6-13(24-2)7-4-11)20-16(22)17(23)21-15-8-5-12(18)9-14(15)19/h3-10H,1-2H3,(H,20,22)(H,21,23). The second-order valence-corrected chi connectivity index (χ2v) is 5.05. The lowest BCUT2D eigenvalue weighted by Gasteiger charge is -2.14. The molecule has 0 aliphatic heterocycles. The molecule has 0 fully saturated rings. The van der Waals surface area contributed by atoms with Crippen LogP contribution in [-0.4, -0.2) is 18.9 Å². The van der Waals surface area contributed by atoms with Gasteiger partial charge in [-0.15, -0.1) is 0 Å². The summed E-state index contributed by atoms with van der Waals surface area (Å²) in [5, 5.41) is 4.60. The van der Waals surface area contributed by atoms with Gasteiger partial charge < -0.3 is 15.4 Å². The van der Waals surface area contributed by atoms with Gasteiger partial charge in [0.2, 0.25) is 0 Å². The third-order valence-corrected chi connectivity index (χ3v) is 3.35. The van der Waals surface area contributed by atoms with Gasteiger partial charge >= 0.3 is 11.8 Å². The fourth-order valence-corrected chi connectivity index (χ4v) is 2.01. The van der Waals surface area contributed by atoms with E-state index < -0.39 is 29.5 Å². The molecule has 0 aliphatic rings. The molecule has 5 nitrogen and oxygen atoms in total. The minimum absolute atomic E-state index is 0.270. The van der Waals surface area contributed by atoms with Gasteiger partial charge in [0.1, 0.15) is 17.4 Å². The van der Waals surface area contributed by atoms with Gasteiger partial charge in [0.25, 0.3) is 0 Å². The van der Waals surface area contributed by atoms with Crippen molar-refractivity contribution in [1.29, 1.82) is 0 Å². The quantitative estimate of drug-likeness (QED) is 0.845. The Balaban J connectivity index is 1.98. The van der Waals surface area contributed by atoms with Gasteiger partial charge in [0.05, 0.1) is 18.8 Å². The van der Waals surface area contributed by atoms with Gasteiger partial charge in [-0.1, -0.05) is 12.1 Å². The molecule has 1 unspecified atom stereocenters. The number of nitrogens with one attached hydrogen (secondary N) is 2. The van der Waals surface area contributed by atoms with E-state index in [1.807, 2.05) is 0 Å². The molecule has 0 aliphatic carbocycles. The number of halogens is 2. The van der Waals surface area contributed by atoms with Crippen LogP contribution >= 0.6 is 0 Å². The maximum absolute atomic E-state index is 13.5. The summed E-state index contributed by atoms with van der Waals surface area (Å²) in [6.07, 6.45) is 0. The van der Waals surface area contributed by atoms with E-state index in [9.17, 15) is 18.4 Å². The average Bonchev–Trinajstić information content (AvgIpc) is 2.57. The molecule has 0 heterocycles. The largest absolute Gasteiger partial charge is 0.497 e. The Morgan fingerprint density at radius 3 is 2.29 bits per heavy atom. The van der Waals surface area contributed by atoms with Crippen LogP contribution in [0.5, 0.6) is 5.75 Å². The molecular weight excluding hydrogens is 318 g/mol. The summed E-state index contributed by atoms with van der Waals surface area (Å²) < 4.78 is 31.3. The fraction of sp³-hybridized carbons (Fsp3) is 0.176. The van der Waals surface area contributed by atoms with Crippen molar-refractivity contribution in [3.63, 3.8) is 0 Å². The van der Waals surface area contributed by atoms with E-state index >= 15 is 0 Å². The predicted molar refractivity (Wildman–Crippen MR) is 84.5 cm³/mol. The lowest BCUT2D eigenvalue weighted by Crippen LogP contribution is -2.37. The van der Waals surface area contributed by atoms with Gasteiger partial charge in [0.15, 0.2) is 0 Å². The highest BCUT2D eigenvalue weighted by Crippen LogP contribution is 2.18. The number of carbonyl (C=O) groups excluding carboxylic acids is 2. The van der Waals surface area contributed by atoms with Crippen molar-refractivity contribution in [3.05, 3.63) is 59.7 Å². The lowest BCUT2D eigenvalue weighted by molar-refractivity contribution is -0.136. The molecular formula is C17H16F2N2O3. The maximum atomic E-state index is 13.5. The SMILES string of the molecule is COc1ccc(C(C)NC(=O)C(=O)Nc2ccc(F)cc2F)cc1. The minimum atomic E-state index is -1.04. The molecule has 2 aromatic rings. The predicted octanol–water partition coefficient (Wildman–Crippen LogP) is 2.79. The van der Waals surface area contributed by atoms with Crippen molar-refractivity contribution in [2.75, 3.05) is 12.4 Å². The Labute approximate surface area is 137 Å². The summed E-state index contributed by atoms with van der Waals surface area (Å²) in [6, 6.07) is 9.17. The Hall–Kier alpha value is -2.96. The number of ether oxygens (including phenoxy) is 1. The first-order valence-electron chi connectivity index (χ1n) is 7.11. The van der Waals surface area contributed by atoms with Gasteiger partial charge in [-0.3, -0.25) is 9.59 Å². The summed E-state index contributed by atoms with van der Waals surface area (Å²) in [5.41, 5.74) is 0.499. The molecule has 126 valence electrons. The molecule has 2 aromatic carbocycles. The number of carbonyl (C=O) groups is 2. The minimum Gasteiger partial charge on any atom is -0.497 e. The summed E-state index contributed by atoms with van der Waals surface area (Å²) in [5.74, 6) is -3.04. The normalized spacial score (nSPS) is 11.5. The highest BCUT2D eigenvalue weighted by Gasteiger charge is 2.18. The van der Waals surface area contributed by atoms with Crippen LogP contribution in [0.15, 0.2) is 42.5 Å². The number of amides is 2. The zero-order chi connectivity index (χ0) is 17.7. The maximum Gasteiger partial charge on any atom is 0.313 e. The van der Waals surface area contributed by atoms with Crippen molar-refractivity contribution < 1.29 is 23.1 Å². The van der Waals surface area contributed by atoms with Crippen molar-refractivity contribution in [2.45, 2.75) is 13.0 Å². The molecule has 24 heavy (non-hydrogen) atoms. The van der Waals surface area contributed by atoms with Gasteiger partial charge in [0, 0.05) is 6.07 Å². The van der Waals surface area contributed by atoms with Crippen molar-refractivity contribution >= 4 is 17.5 Å². The topological polar surface area (TPSA) is 67.4 Å². The third kappa shape index (κ3) is 4.28. The van der Waals surface area contributed by atoms with Crippen LogP contribution in [-0.2, 0) is 9.59 Å². The lowest BCUT2D eigenvalue weighted by atomic mass is 10.1. The molecule has 0 saturated heterocycles. The van der Waals surface area contributed by atoms with E-state index in [0.29, 0.717) is 11.8 Å². The van der Waals surface area contributed by atoms with Crippen LogP contribution in [0.3, 0.4) is 0 Å². The Bertz CT molecular complexity index is 748. The molecule has 2 rings (SSSR count). The molecule has 1 atom stereocenters. The number of anilines is 1. The van der Waals surface area contributed by atoms with Gasteiger partial charge in [-0.05, 0) is 36.8 Å². The molecule has 2 N–H and O–H groups in total. The molecule has 0 bridgehead atoms. The summed E-state index contributed by atoms with van der Waals surface area (Å²) in [7, 11) is 1.54. The number of benzene rings is 2.